The number of carbonyl (C=O) groups excluding carboxylic acids is 2. The van der Waals surface area contributed by atoms with Crippen LogP contribution in [0.5, 0.6) is 0 Å². The van der Waals surface area contributed by atoms with Gasteiger partial charge in [0.15, 0.2) is 17.3 Å². The van der Waals surface area contributed by atoms with Crippen molar-refractivity contribution >= 4 is 35.3 Å². The topological polar surface area (TPSA) is 96.6 Å². The number of aromatic nitrogens is 3. The molecule has 44 heavy (non-hydrogen) atoms. The van der Waals surface area contributed by atoms with Gasteiger partial charge in [-0.15, -0.1) is 10.2 Å². The minimum Gasteiger partial charge on any atom is -0.298 e. The fourth-order valence-electron chi connectivity index (χ4n) is 5.74. The number of hydrogen-bond acceptors (Lipinski definition) is 6. The quantitative estimate of drug-likeness (QED) is 0.285. The molecule has 1 heterocycles. The highest BCUT2D eigenvalue weighted by molar-refractivity contribution is 6.30. The Hall–Kier alpha value is -5.39. The first-order valence-electron chi connectivity index (χ1n) is 13.6. The van der Waals surface area contributed by atoms with Crippen LogP contribution >= 0.6 is 11.6 Å². The Labute approximate surface area is 254 Å². The molecule has 0 fully saturated rings. The lowest BCUT2D eigenvalue weighted by Crippen LogP contribution is -2.35. The third-order valence-corrected chi connectivity index (χ3v) is 7.92. The Morgan fingerprint density at radius 1 is 0.841 bits per heavy atom. The number of hydrogen-bond donors (Lipinski definition) is 0. The van der Waals surface area contributed by atoms with E-state index >= 15 is 0 Å². The van der Waals surface area contributed by atoms with Crippen molar-refractivity contribution in [1.29, 1.82) is 5.26 Å². The predicted molar refractivity (Wildman–Crippen MR) is 160 cm³/mol. The van der Waals surface area contributed by atoms with Crippen LogP contribution in [0.15, 0.2) is 91.4 Å². The third kappa shape index (κ3) is 5.41. The lowest BCUT2D eigenvalue weighted by atomic mass is 9.72. The second-order valence-electron chi connectivity index (χ2n) is 10.3. The molecular weight excluding hydrogens is 582 g/mol. The third-order valence-electron chi connectivity index (χ3n) is 7.67. The fraction of sp³-hybridized carbons (Fsp3) is 0.0857. The van der Waals surface area contributed by atoms with Gasteiger partial charge in [-0.3, -0.25) is 9.59 Å². The van der Waals surface area contributed by atoms with E-state index in [2.05, 4.69) is 15.2 Å². The lowest BCUT2D eigenvalue weighted by molar-refractivity contribution is -0.121. The molecule has 0 spiro atoms. The second-order valence-corrected chi connectivity index (χ2v) is 10.7. The van der Waals surface area contributed by atoms with Crippen LogP contribution in [0.2, 0.25) is 5.02 Å². The standard InChI is InChI=1S/C31H19ClF2O2.C4H2N4/c32-20-11-8-17(9-12-20)14-23-28-19(15-24(31(23)36)29-25(33)6-3-7-26(29)34)10-13-22-21-5-2-1-4-18(21)16-27(35)30(22)28;5-1-4-2-6-3-7-8-4/h1-13,15-16,23-24H,14H2;2-3H. The Morgan fingerprint density at radius 2 is 1.59 bits per heavy atom. The van der Waals surface area contributed by atoms with Crippen LogP contribution in [0, 0.1) is 33.4 Å². The molecule has 2 aliphatic rings. The molecule has 2 unspecified atom stereocenters. The Balaban J connectivity index is 0.000000374. The second kappa shape index (κ2) is 12.1. The molecule has 0 saturated carbocycles. The van der Waals surface area contributed by atoms with E-state index in [9.17, 15) is 18.4 Å². The number of nitriles is 1. The molecule has 2 atom stereocenters. The molecule has 214 valence electrons. The summed E-state index contributed by atoms with van der Waals surface area (Å²) >= 11 is 6.06. The minimum absolute atomic E-state index is 0.182. The summed E-state index contributed by atoms with van der Waals surface area (Å²) in [6, 6.07) is 23.8. The number of halogens is 3. The van der Waals surface area contributed by atoms with Crippen molar-refractivity contribution in [1.82, 2.24) is 15.2 Å². The zero-order chi connectivity index (χ0) is 30.8. The predicted octanol–water partition coefficient (Wildman–Crippen LogP) is 5.10. The number of carbonyl (C=O) groups is 2. The van der Waals surface area contributed by atoms with E-state index in [4.69, 9.17) is 16.9 Å². The van der Waals surface area contributed by atoms with Gasteiger partial charge in [0.05, 0.1) is 12.1 Å². The molecule has 0 amide bonds. The average molecular weight is 603 g/mol. The van der Waals surface area contributed by atoms with Gasteiger partial charge in [-0.2, -0.15) is 5.26 Å². The maximum absolute atomic E-state index is 14.8. The summed E-state index contributed by atoms with van der Waals surface area (Å²) in [6.45, 7) is 0. The highest BCUT2D eigenvalue weighted by atomic mass is 35.5. The molecule has 6 nitrogen and oxygen atoms in total. The summed E-state index contributed by atoms with van der Waals surface area (Å²) in [5.41, 5.74) is 1.89. The van der Waals surface area contributed by atoms with Gasteiger partial charge in [-0.25, -0.2) is 13.8 Å². The molecular formula is C35H21ClF2N4O2. The number of benzene rings is 4. The molecule has 7 rings (SSSR count). The van der Waals surface area contributed by atoms with Crippen LogP contribution in [0.3, 0.4) is 0 Å². The van der Waals surface area contributed by atoms with E-state index < -0.39 is 23.5 Å². The van der Waals surface area contributed by atoms with Crippen LogP contribution in [0.1, 0.15) is 44.6 Å². The summed E-state index contributed by atoms with van der Waals surface area (Å²) in [6.07, 6.45) is 6.08. The van der Waals surface area contributed by atoms with Gasteiger partial charge in [-0.1, -0.05) is 72.3 Å². The van der Waals surface area contributed by atoms with Gasteiger partial charge in [0.1, 0.15) is 24.0 Å². The van der Waals surface area contributed by atoms with E-state index in [-0.39, 0.29) is 29.2 Å². The van der Waals surface area contributed by atoms with Gasteiger partial charge in [0.25, 0.3) is 0 Å². The molecule has 2 aliphatic carbocycles. The highest BCUT2D eigenvalue weighted by Gasteiger charge is 2.37. The minimum atomic E-state index is -1.11. The number of Topliss-reactive ketones (excluding diaryl/α,β-unsaturated/α-hetero) is 2. The molecule has 4 aromatic carbocycles. The normalized spacial score (nSPS) is 16.1. The van der Waals surface area contributed by atoms with Crippen LogP contribution in [0.4, 0.5) is 8.78 Å². The van der Waals surface area contributed by atoms with Crippen molar-refractivity contribution in [3.8, 4) is 6.07 Å². The van der Waals surface area contributed by atoms with Crippen molar-refractivity contribution in [2.24, 2.45) is 0 Å². The summed E-state index contributed by atoms with van der Waals surface area (Å²) in [4.78, 5) is 31.0. The number of nitrogens with zero attached hydrogens (tertiary/aromatic N) is 4. The first-order chi connectivity index (χ1) is 21.4. The van der Waals surface area contributed by atoms with Crippen LogP contribution in [0.25, 0.3) is 12.2 Å². The summed E-state index contributed by atoms with van der Waals surface area (Å²) < 4.78 is 29.6. The molecule has 0 bridgehead atoms. The van der Waals surface area contributed by atoms with Crippen molar-refractivity contribution < 1.29 is 18.4 Å². The van der Waals surface area contributed by atoms with Crippen LogP contribution < -0.4 is 10.4 Å². The number of ketones is 2. The maximum atomic E-state index is 14.8. The molecule has 0 radical (unpaired) electrons. The maximum Gasteiger partial charge on any atom is 0.187 e. The Bertz CT molecular complexity index is 2180. The van der Waals surface area contributed by atoms with E-state index in [0.717, 1.165) is 33.4 Å². The smallest absolute Gasteiger partial charge is 0.187 e. The van der Waals surface area contributed by atoms with Crippen molar-refractivity contribution in [3.05, 3.63) is 157 Å². The Kier molecular flexibility index (Phi) is 7.88. The van der Waals surface area contributed by atoms with E-state index in [1.165, 1.54) is 18.6 Å². The number of fused-ring (bicyclic) bond motifs is 4. The average Bonchev–Trinajstić information content (AvgIpc) is 3.04. The van der Waals surface area contributed by atoms with Gasteiger partial charge >= 0.3 is 0 Å². The molecule has 0 saturated heterocycles. The van der Waals surface area contributed by atoms with Crippen LogP contribution in [-0.4, -0.2) is 26.7 Å². The first kappa shape index (κ1) is 28.7. The van der Waals surface area contributed by atoms with Gasteiger partial charge in [0.2, 0.25) is 0 Å². The molecule has 0 aliphatic heterocycles. The number of rotatable bonds is 3. The molecule has 5 aromatic rings. The lowest BCUT2D eigenvalue weighted by Gasteiger charge is -2.29. The fourth-order valence-corrected chi connectivity index (χ4v) is 5.87. The zero-order valence-electron chi connectivity index (χ0n) is 22.9. The monoisotopic (exact) mass is 602 g/mol. The van der Waals surface area contributed by atoms with E-state index in [0.29, 0.717) is 21.4 Å². The van der Waals surface area contributed by atoms with E-state index in [1.807, 2.05) is 48.5 Å². The highest BCUT2D eigenvalue weighted by Crippen LogP contribution is 2.37. The summed E-state index contributed by atoms with van der Waals surface area (Å²) in [5, 5.41) is 18.6. The first-order valence-corrected chi connectivity index (χ1v) is 14.0. The van der Waals surface area contributed by atoms with Crippen molar-refractivity contribution in [3.63, 3.8) is 0 Å². The largest absolute Gasteiger partial charge is 0.298 e. The van der Waals surface area contributed by atoms with Gasteiger partial charge in [-0.05, 0) is 68.8 Å². The summed E-state index contributed by atoms with van der Waals surface area (Å²) in [5.74, 6) is -3.94. The Morgan fingerprint density at radius 3 is 2.27 bits per heavy atom. The van der Waals surface area contributed by atoms with Crippen LogP contribution in [-0.2, 0) is 11.2 Å². The SMILES string of the molecule is N#Cc1cncnn1.O=C1C=c2ccccc2=c2ccc3c(c21)C(Cc1ccc(Cl)cc1)C(=O)C(c1c(F)cccc1F)C=3. The van der Waals surface area contributed by atoms with Gasteiger partial charge < -0.3 is 0 Å². The van der Waals surface area contributed by atoms with Crippen molar-refractivity contribution in [2.45, 2.75) is 18.3 Å². The molecule has 9 heteroatoms. The van der Waals surface area contributed by atoms with Crippen molar-refractivity contribution in [2.75, 3.05) is 0 Å². The summed E-state index contributed by atoms with van der Waals surface area (Å²) in [7, 11) is 0. The van der Waals surface area contributed by atoms with Gasteiger partial charge in [0, 0.05) is 22.1 Å². The van der Waals surface area contributed by atoms with E-state index in [1.54, 1.807) is 30.4 Å². The molecule has 0 N–H and O–H groups in total. The zero-order valence-corrected chi connectivity index (χ0v) is 23.7. The molecule has 1 aromatic heterocycles.